The topological polar surface area (TPSA) is 61.8 Å². The number of hydrogen-bond acceptors (Lipinski definition) is 4. The highest BCUT2D eigenvalue weighted by Crippen LogP contribution is 2.34. The number of benzene rings is 3. The molecule has 1 heterocycles. The van der Waals surface area contributed by atoms with E-state index in [4.69, 9.17) is 0 Å². The molecule has 36 heavy (non-hydrogen) atoms. The van der Waals surface area contributed by atoms with E-state index in [-0.39, 0.29) is 35.6 Å². The van der Waals surface area contributed by atoms with Crippen LogP contribution in [0, 0.1) is 0 Å². The second kappa shape index (κ2) is 11.3. The summed E-state index contributed by atoms with van der Waals surface area (Å²) in [7, 11) is 0. The third-order valence-electron chi connectivity index (χ3n) is 5.39. The Labute approximate surface area is 218 Å². The molecule has 5 nitrogen and oxygen atoms in total. The Morgan fingerprint density at radius 1 is 1.06 bits per heavy atom. The summed E-state index contributed by atoms with van der Waals surface area (Å²) in [6, 6.07) is 21.2. The lowest BCUT2D eigenvalue weighted by Crippen LogP contribution is -2.46. The van der Waals surface area contributed by atoms with Crippen molar-refractivity contribution in [1.82, 2.24) is 4.90 Å². The molecule has 0 aromatic heterocycles. The molecule has 3 aromatic rings. The zero-order valence-corrected chi connectivity index (χ0v) is 21.2. The molecule has 0 saturated carbocycles. The summed E-state index contributed by atoms with van der Waals surface area (Å²) in [6.07, 6.45) is -4.05. The Bertz CT molecular complexity index is 1280. The molecule has 1 saturated heterocycles. The number of alkyl halides is 3. The first kappa shape index (κ1) is 26.0. The number of rotatable bonds is 6. The average Bonchev–Trinajstić information content (AvgIpc) is 2.84. The van der Waals surface area contributed by atoms with Crippen molar-refractivity contribution in [1.29, 1.82) is 0 Å². The maximum absolute atomic E-state index is 13.2. The van der Waals surface area contributed by atoms with Gasteiger partial charge in [-0.2, -0.15) is 13.2 Å². The number of carbonyl (C=O) groups is 2. The molecule has 1 aliphatic rings. The van der Waals surface area contributed by atoms with Gasteiger partial charge in [0.2, 0.25) is 11.8 Å². The third kappa shape index (κ3) is 6.76. The number of carbonyl (C=O) groups excluding carboxylic acids is 2. The molecule has 4 rings (SSSR count). The van der Waals surface area contributed by atoms with E-state index in [0.717, 1.165) is 33.9 Å². The maximum Gasteiger partial charge on any atom is 0.416 e. The van der Waals surface area contributed by atoms with Crippen molar-refractivity contribution < 1.29 is 22.8 Å². The number of amides is 2. The molecule has 1 atom stereocenters. The second-order valence-electron chi connectivity index (χ2n) is 8.03. The zero-order chi connectivity index (χ0) is 25.7. The normalized spacial score (nSPS) is 17.3. The van der Waals surface area contributed by atoms with Gasteiger partial charge in [0.05, 0.1) is 11.3 Å². The van der Waals surface area contributed by atoms with E-state index in [0.29, 0.717) is 12.1 Å². The predicted molar refractivity (Wildman–Crippen MR) is 139 cm³/mol. The summed E-state index contributed by atoms with van der Waals surface area (Å²) in [4.78, 5) is 31.9. The number of amidine groups is 1. The second-order valence-corrected chi connectivity index (χ2v) is 10.1. The highest BCUT2D eigenvalue weighted by atomic mass is 79.9. The van der Waals surface area contributed by atoms with Crippen molar-refractivity contribution in [2.75, 3.05) is 11.9 Å². The fraction of sp³-hybridized carbons (Fsp3) is 0.192. The zero-order valence-electron chi connectivity index (χ0n) is 18.8. The SMILES string of the molecule is O=C(Nc1cccc(Br)c1)C1CC(=O)N(CCc2ccccc2)C(=Nc2cccc(C(F)(F)F)c2)S1. The molecule has 1 aliphatic heterocycles. The van der Waals surface area contributed by atoms with Gasteiger partial charge in [-0.15, -0.1) is 0 Å². The molecule has 10 heteroatoms. The number of nitrogens with one attached hydrogen (secondary N) is 1. The van der Waals surface area contributed by atoms with Crippen LogP contribution in [0.3, 0.4) is 0 Å². The van der Waals surface area contributed by atoms with Crippen molar-refractivity contribution in [2.24, 2.45) is 4.99 Å². The van der Waals surface area contributed by atoms with Gasteiger partial charge in [0.1, 0.15) is 5.25 Å². The van der Waals surface area contributed by atoms with Crippen LogP contribution < -0.4 is 5.32 Å². The van der Waals surface area contributed by atoms with Crippen LogP contribution >= 0.6 is 27.7 Å². The molecule has 3 aromatic carbocycles. The van der Waals surface area contributed by atoms with Crippen molar-refractivity contribution in [3.8, 4) is 0 Å². The number of halogens is 4. The van der Waals surface area contributed by atoms with Crippen LogP contribution in [0.5, 0.6) is 0 Å². The van der Waals surface area contributed by atoms with E-state index in [1.807, 2.05) is 36.4 Å². The van der Waals surface area contributed by atoms with Crippen molar-refractivity contribution >= 4 is 56.0 Å². The largest absolute Gasteiger partial charge is 0.416 e. The lowest BCUT2D eigenvalue weighted by atomic mass is 10.1. The molecule has 186 valence electrons. The van der Waals surface area contributed by atoms with E-state index < -0.39 is 17.0 Å². The molecule has 0 spiro atoms. The van der Waals surface area contributed by atoms with Crippen LogP contribution in [0.4, 0.5) is 24.5 Å². The predicted octanol–water partition coefficient (Wildman–Crippen LogP) is 6.67. The number of hydrogen-bond donors (Lipinski definition) is 1. The summed E-state index contributed by atoms with van der Waals surface area (Å²) in [5.41, 5.74) is 0.780. The van der Waals surface area contributed by atoms with Gasteiger partial charge in [0.15, 0.2) is 5.17 Å². The van der Waals surface area contributed by atoms with E-state index in [9.17, 15) is 22.8 Å². The number of anilines is 1. The summed E-state index contributed by atoms with van der Waals surface area (Å²) in [6.45, 7) is 0.285. The first-order chi connectivity index (χ1) is 17.2. The van der Waals surface area contributed by atoms with Crippen molar-refractivity contribution in [2.45, 2.75) is 24.3 Å². The molecule has 0 aliphatic carbocycles. The summed E-state index contributed by atoms with van der Waals surface area (Å²) in [5, 5.41) is 2.20. The van der Waals surface area contributed by atoms with Crippen LogP contribution in [0.1, 0.15) is 17.5 Å². The van der Waals surface area contributed by atoms with Crippen LogP contribution in [-0.2, 0) is 22.2 Å². The minimum Gasteiger partial charge on any atom is -0.325 e. The van der Waals surface area contributed by atoms with Crippen LogP contribution in [-0.4, -0.2) is 33.7 Å². The Kier molecular flexibility index (Phi) is 8.15. The lowest BCUT2D eigenvalue weighted by molar-refractivity contribution is -0.137. The fourth-order valence-corrected chi connectivity index (χ4v) is 5.12. The van der Waals surface area contributed by atoms with Gasteiger partial charge in [0, 0.05) is 23.1 Å². The van der Waals surface area contributed by atoms with Gasteiger partial charge in [-0.1, -0.05) is 70.2 Å². The van der Waals surface area contributed by atoms with Crippen molar-refractivity contribution in [3.05, 3.63) is 94.5 Å². The van der Waals surface area contributed by atoms with E-state index in [1.165, 1.54) is 17.0 Å². The highest BCUT2D eigenvalue weighted by Gasteiger charge is 2.36. The summed E-state index contributed by atoms with van der Waals surface area (Å²) < 4.78 is 40.5. The highest BCUT2D eigenvalue weighted by molar-refractivity contribution is 9.10. The van der Waals surface area contributed by atoms with Crippen LogP contribution in [0.25, 0.3) is 0 Å². The van der Waals surface area contributed by atoms with E-state index in [2.05, 4.69) is 26.2 Å². The third-order valence-corrected chi connectivity index (χ3v) is 7.07. The number of aliphatic imine (C=N–C) groups is 1. The Hall–Kier alpha value is -3.11. The lowest BCUT2D eigenvalue weighted by Gasteiger charge is -2.32. The molecule has 0 bridgehead atoms. The molecule has 1 unspecified atom stereocenters. The van der Waals surface area contributed by atoms with Crippen molar-refractivity contribution in [3.63, 3.8) is 0 Å². The van der Waals surface area contributed by atoms with Gasteiger partial charge in [-0.25, -0.2) is 4.99 Å². The molecule has 1 N–H and O–H groups in total. The Balaban J connectivity index is 1.60. The van der Waals surface area contributed by atoms with Crippen LogP contribution in [0.2, 0.25) is 0 Å². The van der Waals surface area contributed by atoms with Gasteiger partial charge >= 0.3 is 6.18 Å². The first-order valence-corrected chi connectivity index (χ1v) is 12.7. The minimum atomic E-state index is -4.52. The van der Waals surface area contributed by atoms with E-state index in [1.54, 1.807) is 18.2 Å². The minimum absolute atomic E-state index is 0.0536. The molecule has 1 fully saturated rings. The van der Waals surface area contributed by atoms with Gasteiger partial charge in [0.25, 0.3) is 0 Å². The van der Waals surface area contributed by atoms with Crippen LogP contribution in [0.15, 0.2) is 88.3 Å². The molecule has 2 amide bonds. The average molecular weight is 576 g/mol. The molecular weight excluding hydrogens is 555 g/mol. The standard InChI is InChI=1S/C26H21BrF3N3O2S/c27-19-9-5-11-21(15-19)31-24(35)22-16-23(34)33(13-12-17-6-2-1-3-7-17)25(36-22)32-20-10-4-8-18(14-20)26(28,29)30/h1-11,14-15,22H,12-13,16H2,(H,31,35). The molecular formula is C26H21BrF3N3O2S. The smallest absolute Gasteiger partial charge is 0.325 e. The first-order valence-electron chi connectivity index (χ1n) is 11.0. The Morgan fingerprint density at radius 2 is 1.81 bits per heavy atom. The number of thioether (sulfide) groups is 1. The number of nitrogens with zero attached hydrogens (tertiary/aromatic N) is 2. The summed E-state index contributed by atoms with van der Waals surface area (Å²) in [5.74, 6) is -0.698. The van der Waals surface area contributed by atoms with Gasteiger partial charge in [-0.3, -0.25) is 14.5 Å². The Morgan fingerprint density at radius 3 is 2.53 bits per heavy atom. The quantitative estimate of drug-likeness (QED) is 0.357. The maximum atomic E-state index is 13.2. The van der Waals surface area contributed by atoms with Gasteiger partial charge in [-0.05, 0) is 48.4 Å². The van der Waals surface area contributed by atoms with E-state index >= 15 is 0 Å². The monoisotopic (exact) mass is 575 g/mol. The summed E-state index contributed by atoms with van der Waals surface area (Å²) >= 11 is 4.42. The van der Waals surface area contributed by atoms with Gasteiger partial charge < -0.3 is 5.32 Å². The fourth-order valence-electron chi connectivity index (χ4n) is 3.60. The molecule has 0 radical (unpaired) electrons.